The van der Waals surface area contributed by atoms with Crippen molar-refractivity contribution in [1.29, 1.82) is 0 Å². The standard InChI is InChI=1S/C24H24N2O5/c27-21(28)20-10-13-26(20)22(29)24(11-5-12-24)25-23(30)31-14-19-17-8-3-1-6-15(17)16-7-2-4-9-18(16)19/h1-4,6-9,19-20H,5,10-14H2,(H,25,30)(H,27,28). The van der Waals surface area contributed by atoms with Gasteiger partial charge in [0.25, 0.3) is 0 Å². The first kappa shape index (κ1) is 19.6. The summed E-state index contributed by atoms with van der Waals surface area (Å²) in [6, 6.07) is 15.4. The molecule has 1 heterocycles. The first-order valence-corrected chi connectivity index (χ1v) is 10.7. The molecule has 0 bridgehead atoms. The lowest BCUT2D eigenvalue weighted by atomic mass is 9.74. The van der Waals surface area contributed by atoms with Crippen LogP contribution in [0.3, 0.4) is 0 Å². The van der Waals surface area contributed by atoms with Gasteiger partial charge in [-0.15, -0.1) is 0 Å². The average molecular weight is 420 g/mol. The van der Waals surface area contributed by atoms with Crippen molar-refractivity contribution >= 4 is 18.0 Å². The average Bonchev–Trinajstić information content (AvgIpc) is 3.02. The fourth-order valence-corrected chi connectivity index (χ4v) is 4.91. The lowest BCUT2D eigenvalue weighted by Gasteiger charge is -2.48. The van der Waals surface area contributed by atoms with E-state index in [2.05, 4.69) is 17.4 Å². The molecule has 2 aromatic rings. The normalized spacial score (nSPS) is 20.6. The van der Waals surface area contributed by atoms with Crippen LogP contribution < -0.4 is 5.32 Å². The molecule has 5 rings (SSSR count). The monoisotopic (exact) mass is 420 g/mol. The predicted octanol–water partition coefficient (Wildman–Crippen LogP) is 3.13. The molecule has 3 aliphatic rings. The third-order valence-corrected chi connectivity index (χ3v) is 6.87. The minimum absolute atomic E-state index is 0.0574. The van der Waals surface area contributed by atoms with Crippen molar-refractivity contribution in [3.63, 3.8) is 0 Å². The molecule has 0 spiro atoms. The van der Waals surface area contributed by atoms with Gasteiger partial charge in [-0.25, -0.2) is 9.59 Å². The summed E-state index contributed by atoms with van der Waals surface area (Å²) in [5.41, 5.74) is 3.49. The zero-order chi connectivity index (χ0) is 21.6. The topological polar surface area (TPSA) is 95.9 Å². The molecule has 2 aromatic carbocycles. The highest BCUT2D eigenvalue weighted by molar-refractivity contribution is 5.94. The number of alkyl carbamates (subject to hydrolysis) is 1. The van der Waals surface area contributed by atoms with Crippen LogP contribution in [0, 0.1) is 0 Å². The van der Waals surface area contributed by atoms with E-state index in [-0.39, 0.29) is 18.4 Å². The van der Waals surface area contributed by atoms with Crippen molar-refractivity contribution in [3.05, 3.63) is 59.7 Å². The molecule has 31 heavy (non-hydrogen) atoms. The van der Waals surface area contributed by atoms with Crippen LogP contribution >= 0.6 is 0 Å². The summed E-state index contributed by atoms with van der Waals surface area (Å²) in [6.07, 6.45) is 1.61. The number of rotatable bonds is 5. The van der Waals surface area contributed by atoms with Gasteiger partial charge in [-0.05, 0) is 47.9 Å². The van der Waals surface area contributed by atoms with Crippen LogP contribution in [0.5, 0.6) is 0 Å². The zero-order valence-corrected chi connectivity index (χ0v) is 17.0. The Labute approximate surface area is 180 Å². The maximum absolute atomic E-state index is 13.0. The molecule has 1 atom stereocenters. The van der Waals surface area contributed by atoms with Crippen LogP contribution in [0.15, 0.2) is 48.5 Å². The van der Waals surface area contributed by atoms with E-state index in [1.807, 2.05) is 36.4 Å². The highest BCUT2D eigenvalue weighted by Gasteiger charge is 2.52. The maximum atomic E-state index is 13.0. The van der Waals surface area contributed by atoms with Crippen molar-refractivity contribution in [2.75, 3.05) is 13.2 Å². The van der Waals surface area contributed by atoms with E-state index in [4.69, 9.17) is 4.74 Å². The molecule has 160 valence electrons. The molecule has 1 saturated heterocycles. The summed E-state index contributed by atoms with van der Waals surface area (Å²) in [5.74, 6) is -1.38. The van der Waals surface area contributed by atoms with Crippen molar-refractivity contribution in [1.82, 2.24) is 10.2 Å². The third-order valence-electron chi connectivity index (χ3n) is 6.87. The Bertz CT molecular complexity index is 1020. The first-order chi connectivity index (χ1) is 15.0. The van der Waals surface area contributed by atoms with Gasteiger partial charge in [-0.1, -0.05) is 48.5 Å². The molecule has 0 radical (unpaired) electrons. The smallest absolute Gasteiger partial charge is 0.408 e. The Kier molecular flexibility index (Phi) is 4.68. The molecule has 1 aliphatic heterocycles. The van der Waals surface area contributed by atoms with Gasteiger partial charge >= 0.3 is 12.1 Å². The summed E-state index contributed by atoms with van der Waals surface area (Å²) < 4.78 is 5.59. The Morgan fingerprint density at radius 1 is 1.03 bits per heavy atom. The molecule has 2 aliphatic carbocycles. The number of carbonyl (C=O) groups excluding carboxylic acids is 2. The van der Waals surface area contributed by atoms with Crippen molar-refractivity contribution < 1.29 is 24.2 Å². The summed E-state index contributed by atoms with van der Waals surface area (Å²) in [6.45, 7) is 0.579. The maximum Gasteiger partial charge on any atom is 0.408 e. The minimum atomic E-state index is -1.04. The van der Waals surface area contributed by atoms with Gasteiger partial charge in [0.2, 0.25) is 5.91 Å². The second kappa shape index (κ2) is 7.41. The number of fused-ring (bicyclic) bond motifs is 3. The number of carbonyl (C=O) groups is 3. The number of likely N-dealkylation sites (tertiary alicyclic amines) is 1. The molecule has 2 N–H and O–H groups in total. The van der Waals surface area contributed by atoms with Crippen LogP contribution in [0.25, 0.3) is 11.1 Å². The molecular formula is C24H24N2O5. The van der Waals surface area contributed by atoms with Crippen molar-refractivity contribution in [2.24, 2.45) is 0 Å². The lowest BCUT2D eigenvalue weighted by molar-refractivity contribution is -0.162. The molecule has 2 amide bonds. The number of aliphatic carboxylic acids is 1. The van der Waals surface area contributed by atoms with E-state index in [0.29, 0.717) is 25.8 Å². The Hall–Kier alpha value is -3.35. The molecular weight excluding hydrogens is 396 g/mol. The summed E-state index contributed by atoms with van der Waals surface area (Å²) in [5, 5.41) is 12.0. The van der Waals surface area contributed by atoms with E-state index in [0.717, 1.165) is 28.7 Å². The highest BCUT2D eigenvalue weighted by Crippen LogP contribution is 2.44. The van der Waals surface area contributed by atoms with Crippen LogP contribution in [-0.2, 0) is 14.3 Å². The fraction of sp³-hybridized carbons (Fsp3) is 0.375. The predicted molar refractivity (Wildman–Crippen MR) is 113 cm³/mol. The number of nitrogens with one attached hydrogen (secondary N) is 1. The number of ether oxygens (including phenoxy) is 1. The van der Waals surface area contributed by atoms with Gasteiger partial charge in [0.15, 0.2) is 0 Å². The second-order valence-electron chi connectivity index (χ2n) is 8.53. The summed E-state index contributed by atoms with van der Waals surface area (Å²) >= 11 is 0. The van der Waals surface area contributed by atoms with E-state index < -0.39 is 23.6 Å². The number of carboxylic acids is 1. The quantitative estimate of drug-likeness (QED) is 0.775. The molecule has 7 nitrogen and oxygen atoms in total. The Morgan fingerprint density at radius 2 is 1.65 bits per heavy atom. The van der Waals surface area contributed by atoms with Gasteiger partial charge in [0, 0.05) is 12.5 Å². The number of hydrogen-bond acceptors (Lipinski definition) is 4. The van der Waals surface area contributed by atoms with Crippen LogP contribution in [0.2, 0.25) is 0 Å². The SMILES string of the molecule is O=C(NC1(C(=O)N2CCC2C(=O)O)CCC1)OCC1c2ccccc2-c2ccccc21. The zero-order valence-electron chi connectivity index (χ0n) is 17.0. The molecule has 2 fully saturated rings. The third kappa shape index (κ3) is 3.15. The fourth-order valence-electron chi connectivity index (χ4n) is 4.91. The van der Waals surface area contributed by atoms with Crippen molar-refractivity contribution in [3.8, 4) is 11.1 Å². The number of benzene rings is 2. The van der Waals surface area contributed by atoms with Gasteiger partial charge in [-0.2, -0.15) is 0 Å². The number of nitrogens with zero attached hydrogens (tertiary/aromatic N) is 1. The van der Waals surface area contributed by atoms with Gasteiger partial charge in [0.05, 0.1) is 0 Å². The Balaban J connectivity index is 1.27. The highest BCUT2D eigenvalue weighted by atomic mass is 16.5. The van der Waals surface area contributed by atoms with E-state index in [1.54, 1.807) is 0 Å². The van der Waals surface area contributed by atoms with Gasteiger partial charge in [0.1, 0.15) is 18.2 Å². The largest absolute Gasteiger partial charge is 0.480 e. The van der Waals surface area contributed by atoms with Crippen LogP contribution in [0.1, 0.15) is 42.7 Å². The Morgan fingerprint density at radius 3 is 2.13 bits per heavy atom. The molecule has 7 heteroatoms. The van der Waals surface area contributed by atoms with Gasteiger partial charge < -0.3 is 20.1 Å². The van der Waals surface area contributed by atoms with E-state index in [9.17, 15) is 19.5 Å². The van der Waals surface area contributed by atoms with E-state index in [1.165, 1.54) is 4.90 Å². The van der Waals surface area contributed by atoms with E-state index >= 15 is 0 Å². The van der Waals surface area contributed by atoms with Crippen LogP contribution in [-0.4, -0.2) is 52.7 Å². The summed E-state index contributed by atoms with van der Waals surface area (Å²) in [4.78, 5) is 38.3. The number of carboxylic acid groups (broad SMARTS) is 1. The molecule has 0 aromatic heterocycles. The second-order valence-corrected chi connectivity index (χ2v) is 8.53. The lowest BCUT2D eigenvalue weighted by Crippen LogP contribution is -2.68. The van der Waals surface area contributed by atoms with Crippen molar-refractivity contribution in [2.45, 2.75) is 43.2 Å². The number of hydrogen-bond donors (Lipinski definition) is 2. The summed E-state index contributed by atoms with van der Waals surface area (Å²) in [7, 11) is 0. The number of amides is 2. The molecule has 1 unspecified atom stereocenters. The van der Waals surface area contributed by atoms with Crippen LogP contribution in [0.4, 0.5) is 4.79 Å². The minimum Gasteiger partial charge on any atom is -0.480 e. The molecule has 1 saturated carbocycles. The first-order valence-electron chi connectivity index (χ1n) is 10.7. The van der Waals surface area contributed by atoms with Gasteiger partial charge in [-0.3, -0.25) is 4.79 Å².